The molecule has 4 aromatic rings. The minimum Gasteiger partial charge on any atom is -0.356 e. The van der Waals surface area contributed by atoms with Crippen LogP contribution in [0.4, 0.5) is 19.0 Å². The summed E-state index contributed by atoms with van der Waals surface area (Å²) in [6.45, 7) is 0.739. The molecule has 5 rings (SSSR count). The highest BCUT2D eigenvalue weighted by Gasteiger charge is 2.31. The van der Waals surface area contributed by atoms with E-state index in [2.05, 4.69) is 49.8 Å². The van der Waals surface area contributed by atoms with Crippen molar-refractivity contribution < 1.29 is 18.0 Å². The van der Waals surface area contributed by atoms with Crippen molar-refractivity contribution in [2.24, 2.45) is 0 Å². The molecule has 2 N–H and O–H groups in total. The van der Waals surface area contributed by atoms with Crippen molar-refractivity contribution in [2.45, 2.75) is 50.5 Å². The van der Waals surface area contributed by atoms with Crippen molar-refractivity contribution in [3.05, 3.63) is 76.9 Å². The van der Waals surface area contributed by atoms with Crippen LogP contribution in [0.5, 0.6) is 0 Å². The van der Waals surface area contributed by atoms with Gasteiger partial charge in [0.25, 0.3) is 5.91 Å². The minimum atomic E-state index is -4.25. The SMILES string of the molecule is CNC(=O)c1cccc(-c2ccc(CN[C@H]3CC[C@@H](N(C)c4ncnc5sc(CC(F)(F)F)cc45)C3)cc2)c1. The normalized spacial score (nSPS) is 17.5. The van der Waals surface area contributed by atoms with E-state index in [9.17, 15) is 18.0 Å². The molecule has 2 aromatic carbocycles. The third kappa shape index (κ3) is 6.39. The number of anilines is 1. The highest BCUT2D eigenvalue weighted by atomic mass is 32.1. The Labute approximate surface area is 229 Å². The average Bonchev–Trinajstić information content (AvgIpc) is 3.57. The molecular weight excluding hydrogens is 523 g/mol. The van der Waals surface area contributed by atoms with E-state index in [0.29, 0.717) is 27.6 Å². The molecular formula is C29H30F3N5OS. The van der Waals surface area contributed by atoms with Crippen molar-refractivity contribution in [3.63, 3.8) is 0 Å². The molecule has 204 valence electrons. The molecule has 1 saturated carbocycles. The number of nitrogens with zero attached hydrogens (tertiary/aromatic N) is 3. The van der Waals surface area contributed by atoms with Gasteiger partial charge in [-0.05, 0) is 54.2 Å². The van der Waals surface area contributed by atoms with Gasteiger partial charge in [0.15, 0.2) is 0 Å². The topological polar surface area (TPSA) is 70.2 Å². The predicted octanol–water partition coefficient (Wildman–Crippen LogP) is 5.97. The molecule has 0 unspecified atom stereocenters. The summed E-state index contributed by atoms with van der Waals surface area (Å²) < 4.78 is 38.7. The largest absolute Gasteiger partial charge is 0.393 e. The van der Waals surface area contributed by atoms with Gasteiger partial charge in [-0.2, -0.15) is 13.2 Å². The Bertz CT molecular complexity index is 1450. The summed E-state index contributed by atoms with van der Waals surface area (Å²) >= 11 is 1.08. The van der Waals surface area contributed by atoms with Gasteiger partial charge in [0.2, 0.25) is 0 Å². The number of nitrogens with one attached hydrogen (secondary N) is 2. The number of fused-ring (bicyclic) bond motifs is 1. The molecule has 0 bridgehead atoms. The third-order valence-corrected chi connectivity index (χ3v) is 8.30. The van der Waals surface area contributed by atoms with Gasteiger partial charge in [-0.3, -0.25) is 4.79 Å². The molecule has 0 saturated heterocycles. The molecule has 10 heteroatoms. The first-order valence-electron chi connectivity index (χ1n) is 12.9. The monoisotopic (exact) mass is 553 g/mol. The summed E-state index contributed by atoms with van der Waals surface area (Å²) in [5, 5.41) is 6.99. The predicted molar refractivity (Wildman–Crippen MR) is 149 cm³/mol. The standard InChI is InChI=1S/C29H30F3N5OS/c1-33-27(38)21-5-3-4-20(12-21)19-8-6-18(7-9-19)16-34-22-10-11-23(13-22)37(2)26-25-14-24(15-29(30,31)32)39-28(25)36-17-35-26/h3-9,12,14,17,22-23,34H,10-11,13,15-16H2,1-2H3,(H,33,38)/t22-,23+/m0/s1. The Morgan fingerprint density at radius 1 is 1.08 bits per heavy atom. The van der Waals surface area contributed by atoms with Crippen LogP contribution in [0.1, 0.15) is 40.1 Å². The van der Waals surface area contributed by atoms with Gasteiger partial charge < -0.3 is 15.5 Å². The van der Waals surface area contributed by atoms with Crippen LogP contribution in [-0.2, 0) is 13.0 Å². The summed E-state index contributed by atoms with van der Waals surface area (Å²) in [4.78, 5) is 23.5. The van der Waals surface area contributed by atoms with Crippen molar-refractivity contribution in [1.82, 2.24) is 20.6 Å². The fourth-order valence-electron chi connectivity index (χ4n) is 5.19. The maximum Gasteiger partial charge on any atom is 0.393 e. The number of amides is 1. The number of aromatic nitrogens is 2. The van der Waals surface area contributed by atoms with E-state index in [1.165, 1.54) is 11.9 Å². The Kier molecular flexibility index (Phi) is 7.86. The molecule has 1 fully saturated rings. The van der Waals surface area contributed by atoms with Crippen LogP contribution in [0.25, 0.3) is 21.3 Å². The van der Waals surface area contributed by atoms with E-state index in [1.54, 1.807) is 19.2 Å². The number of thiophene rings is 1. The van der Waals surface area contributed by atoms with Crippen molar-refractivity contribution >= 4 is 33.3 Å². The first-order chi connectivity index (χ1) is 18.7. The van der Waals surface area contributed by atoms with Gasteiger partial charge in [-0.15, -0.1) is 11.3 Å². The van der Waals surface area contributed by atoms with Crippen molar-refractivity contribution in [1.29, 1.82) is 0 Å². The Hall–Kier alpha value is -3.50. The molecule has 0 aliphatic heterocycles. The molecule has 1 aliphatic carbocycles. The summed E-state index contributed by atoms with van der Waals surface area (Å²) in [6.07, 6.45) is -0.855. The third-order valence-electron chi connectivity index (χ3n) is 7.25. The molecule has 0 radical (unpaired) electrons. The lowest BCUT2D eigenvalue weighted by Gasteiger charge is -2.26. The van der Waals surface area contributed by atoms with E-state index < -0.39 is 12.6 Å². The zero-order valence-corrected chi connectivity index (χ0v) is 22.6. The van der Waals surface area contributed by atoms with Gasteiger partial charge in [0.1, 0.15) is 17.0 Å². The Morgan fingerprint density at radius 3 is 2.62 bits per heavy atom. The van der Waals surface area contributed by atoms with Gasteiger partial charge in [0.05, 0.1) is 11.8 Å². The van der Waals surface area contributed by atoms with E-state index >= 15 is 0 Å². The highest BCUT2D eigenvalue weighted by molar-refractivity contribution is 7.18. The van der Waals surface area contributed by atoms with Gasteiger partial charge in [-0.1, -0.05) is 36.4 Å². The van der Waals surface area contributed by atoms with Crippen LogP contribution < -0.4 is 15.5 Å². The van der Waals surface area contributed by atoms with Gasteiger partial charge in [-0.25, -0.2) is 9.97 Å². The van der Waals surface area contributed by atoms with Crippen LogP contribution in [0, 0.1) is 0 Å². The Morgan fingerprint density at radius 2 is 1.87 bits per heavy atom. The average molecular weight is 554 g/mol. The zero-order valence-electron chi connectivity index (χ0n) is 21.8. The Balaban J connectivity index is 1.19. The maximum absolute atomic E-state index is 12.9. The maximum atomic E-state index is 12.9. The van der Waals surface area contributed by atoms with Crippen LogP contribution in [0.3, 0.4) is 0 Å². The molecule has 2 heterocycles. The summed E-state index contributed by atoms with van der Waals surface area (Å²) in [5.74, 6) is 0.579. The van der Waals surface area contributed by atoms with Crippen LogP contribution in [0.2, 0.25) is 0 Å². The fraction of sp³-hybridized carbons (Fsp3) is 0.345. The lowest BCUT2D eigenvalue weighted by Crippen LogP contribution is -2.33. The van der Waals surface area contributed by atoms with Crippen molar-refractivity contribution in [2.75, 3.05) is 19.0 Å². The number of carbonyl (C=O) groups is 1. The van der Waals surface area contributed by atoms with Crippen molar-refractivity contribution in [3.8, 4) is 11.1 Å². The highest BCUT2D eigenvalue weighted by Crippen LogP contribution is 2.36. The summed E-state index contributed by atoms with van der Waals surface area (Å²) in [6, 6.07) is 18.1. The number of halogens is 3. The minimum absolute atomic E-state index is 0.108. The summed E-state index contributed by atoms with van der Waals surface area (Å²) in [7, 11) is 3.59. The molecule has 2 atom stereocenters. The van der Waals surface area contributed by atoms with Gasteiger partial charge in [0, 0.05) is 43.2 Å². The van der Waals surface area contributed by atoms with E-state index in [4.69, 9.17) is 0 Å². The first kappa shape index (κ1) is 27.1. The van der Waals surface area contributed by atoms with E-state index in [-0.39, 0.29) is 16.8 Å². The second-order valence-electron chi connectivity index (χ2n) is 9.93. The fourth-order valence-corrected chi connectivity index (χ4v) is 6.21. The van der Waals surface area contributed by atoms with Crippen LogP contribution >= 0.6 is 11.3 Å². The molecule has 1 amide bonds. The first-order valence-corrected chi connectivity index (χ1v) is 13.7. The molecule has 1 aliphatic rings. The number of hydrogen-bond acceptors (Lipinski definition) is 6. The summed E-state index contributed by atoms with van der Waals surface area (Å²) in [5.41, 5.74) is 3.85. The van der Waals surface area contributed by atoms with Gasteiger partial charge >= 0.3 is 6.18 Å². The van der Waals surface area contributed by atoms with Crippen LogP contribution in [-0.4, -0.2) is 48.2 Å². The number of carbonyl (C=O) groups excluding carboxylic acids is 1. The number of hydrogen-bond donors (Lipinski definition) is 2. The quantitative estimate of drug-likeness (QED) is 0.281. The second kappa shape index (κ2) is 11.3. The van der Waals surface area contributed by atoms with E-state index in [1.807, 2.05) is 25.2 Å². The molecule has 0 spiro atoms. The van der Waals surface area contributed by atoms with Crippen LogP contribution in [0.15, 0.2) is 60.9 Å². The zero-order chi connectivity index (χ0) is 27.6. The molecule has 6 nitrogen and oxygen atoms in total. The lowest BCUT2D eigenvalue weighted by molar-refractivity contribution is -0.126. The van der Waals surface area contributed by atoms with E-state index in [0.717, 1.165) is 48.3 Å². The lowest BCUT2D eigenvalue weighted by atomic mass is 10.0. The number of alkyl halides is 3. The number of benzene rings is 2. The number of rotatable bonds is 8. The molecule has 39 heavy (non-hydrogen) atoms. The molecule has 2 aromatic heterocycles. The second-order valence-corrected chi connectivity index (χ2v) is 11.0. The smallest absolute Gasteiger partial charge is 0.356 e.